The summed E-state index contributed by atoms with van der Waals surface area (Å²) in [7, 11) is 0. The molecule has 1 fully saturated rings. The Morgan fingerprint density at radius 2 is 2.47 bits per heavy atom. The second kappa shape index (κ2) is 5.49. The van der Waals surface area contributed by atoms with Gasteiger partial charge in [-0.05, 0) is 25.7 Å². The molecule has 1 aliphatic rings. The molecular weight excluding hydrogens is 236 g/mol. The third-order valence-electron chi connectivity index (χ3n) is 3.20. The zero-order chi connectivity index (χ0) is 12.3. The van der Waals surface area contributed by atoms with Crippen LogP contribution in [0.15, 0.2) is 6.20 Å². The van der Waals surface area contributed by atoms with Crippen LogP contribution in [0.3, 0.4) is 0 Å². The van der Waals surface area contributed by atoms with Crippen molar-refractivity contribution in [1.29, 1.82) is 0 Å². The number of anilines is 1. The molecule has 1 aliphatic heterocycles. The summed E-state index contributed by atoms with van der Waals surface area (Å²) in [6, 6.07) is 0.543. The van der Waals surface area contributed by atoms with Gasteiger partial charge >= 0.3 is 5.97 Å². The van der Waals surface area contributed by atoms with Gasteiger partial charge < -0.3 is 10.0 Å². The number of rotatable bonds is 4. The molecule has 1 atom stereocenters. The zero-order valence-corrected chi connectivity index (χ0v) is 10.9. The Bertz CT molecular complexity index is 390. The van der Waals surface area contributed by atoms with E-state index in [1.54, 1.807) is 0 Å². The summed E-state index contributed by atoms with van der Waals surface area (Å²) in [5.41, 5.74) is 0. The van der Waals surface area contributed by atoms with Crippen LogP contribution < -0.4 is 4.90 Å². The summed E-state index contributed by atoms with van der Waals surface area (Å²) in [6.07, 6.45) is 7.47. The fraction of sp³-hybridized carbons (Fsp3) is 0.667. The number of nitrogens with zero attached hydrogens (tertiary/aromatic N) is 2. The third-order valence-corrected chi connectivity index (χ3v) is 4.22. The third kappa shape index (κ3) is 2.77. The highest BCUT2D eigenvalue weighted by molar-refractivity contribution is 7.17. The Hall–Kier alpha value is -1.10. The van der Waals surface area contributed by atoms with E-state index in [0.717, 1.165) is 11.7 Å². The van der Waals surface area contributed by atoms with Crippen LogP contribution in [0.5, 0.6) is 0 Å². The second-order valence-electron chi connectivity index (χ2n) is 4.44. The van der Waals surface area contributed by atoms with Crippen molar-refractivity contribution in [1.82, 2.24) is 4.98 Å². The van der Waals surface area contributed by atoms with Crippen molar-refractivity contribution < 1.29 is 9.90 Å². The maximum absolute atomic E-state index is 10.9. The predicted octanol–water partition coefficient (Wildman–Crippen LogP) is 3.00. The quantitative estimate of drug-likeness (QED) is 0.897. The van der Waals surface area contributed by atoms with E-state index in [4.69, 9.17) is 5.11 Å². The van der Waals surface area contributed by atoms with Gasteiger partial charge in [0.1, 0.15) is 4.88 Å². The molecule has 0 amide bonds. The molecule has 1 N–H and O–H groups in total. The van der Waals surface area contributed by atoms with Gasteiger partial charge in [-0.3, -0.25) is 0 Å². The number of aromatic carboxylic acids is 1. The first-order valence-corrected chi connectivity index (χ1v) is 6.99. The van der Waals surface area contributed by atoms with Crippen LogP contribution in [-0.4, -0.2) is 28.6 Å². The number of carboxylic acid groups (broad SMARTS) is 1. The second-order valence-corrected chi connectivity index (χ2v) is 5.45. The van der Waals surface area contributed by atoms with E-state index in [9.17, 15) is 4.79 Å². The summed E-state index contributed by atoms with van der Waals surface area (Å²) in [6.45, 7) is 3.20. The lowest BCUT2D eigenvalue weighted by molar-refractivity contribution is 0.0702. The Balaban J connectivity index is 2.14. The van der Waals surface area contributed by atoms with Gasteiger partial charge in [-0.2, -0.15) is 0 Å². The highest BCUT2D eigenvalue weighted by Gasteiger charge is 2.24. The summed E-state index contributed by atoms with van der Waals surface area (Å²) in [5.74, 6) is -0.877. The molecule has 1 unspecified atom stereocenters. The Morgan fingerprint density at radius 3 is 3.12 bits per heavy atom. The average Bonchev–Trinajstić information content (AvgIpc) is 2.79. The van der Waals surface area contributed by atoms with Crippen LogP contribution in [0.25, 0.3) is 0 Å². The van der Waals surface area contributed by atoms with Gasteiger partial charge in [-0.1, -0.05) is 24.7 Å². The molecule has 5 heteroatoms. The van der Waals surface area contributed by atoms with Gasteiger partial charge in [0.05, 0.1) is 6.20 Å². The van der Waals surface area contributed by atoms with Crippen LogP contribution in [0, 0.1) is 0 Å². The van der Waals surface area contributed by atoms with Gasteiger partial charge in [0, 0.05) is 12.6 Å². The number of piperidine rings is 1. The van der Waals surface area contributed by atoms with E-state index >= 15 is 0 Å². The van der Waals surface area contributed by atoms with Gasteiger partial charge in [0.25, 0.3) is 0 Å². The molecule has 1 aromatic heterocycles. The molecule has 4 nitrogen and oxygen atoms in total. The number of aromatic nitrogens is 1. The van der Waals surface area contributed by atoms with Gasteiger partial charge in [0.15, 0.2) is 5.13 Å². The van der Waals surface area contributed by atoms with E-state index in [1.165, 1.54) is 49.6 Å². The largest absolute Gasteiger partial charge is 0.477 e. The van der Waals surface area contributed by atoms with E-state index in [2.05, 4.69) is 16.8 Å². The molecule has 0 bridgehead atoms. The molecule has 94 valence electrons. The highest BCUT2D eigenvalue weighted by Crippen LogP contribution is 2.30. The molecule has 1 aromatic rings. The number of carbonyl (C=O) groups is 1. The zero-order valence-electron chi connectivity index (χ0n) is 10.1. The van der Waals surface area contributed by atoms with Crippen LogP contribution in [0.2, 0.25) is 0 Å². The number of hydrogen-bond acceptors (Lipinski definition) is 4. The number of carboxylic acids is 1. The summed E-state index contributed by atoms with van der Waals surface area (Å²) in [5, 5.41) is 9.79. The molecule has 1 saturated heterocycles. The fourth-order valence-corrected chi connectivity index (χ4v) is 3.23. The van der Waals surface area contributed by atoms with Gasteiger partial charge in [0.2, 0.25) is 0 Å². The van der Waals surface area contributed by atoms with Crippen molar-refractivity contribution >= 4 is 22.4 Å². The smallest absolute Gasteiger partial charge is 0.347 e. The predicted molar refractivity (Wildman–Crippen MR) is 69.0 cm³/mol. The van der Waals surface area contributed by atoms with Crippen molar-refractivity contribution in [3.63, 3.8) is 0 Å². The minimum atomic E-state index is -0.877. The Kier molecular flexibility index (Phi) is 3.99. The molecule has 0 radical (unpaired) electrons. The molecule has 17 heavy (non-hydrogen) atoms. The van der Waals surface area contributed by atoms with Crippen molar-refractivity contribution in [2.75, 3.05) is 11.4 Å². The summed E-state index contributed by atoms with van der Waals surface area (Å²) in [4.78, 5) is 17.7. The number of hydrogen-bond donors (Lipinski definition) is 1. The first-order chi connectivity index (χ1) is 8.22. The minimum Gasteiger partial charge on any atom is -0.477 e. The van der Waals surface area contributed by atoms with E-state index in [-0.39, 0.29) is 0 Å². The monoisotopic (exact) mass is 254 g/mol. The van der Waals surface area contributed by atoms with E-state index < -0.39 is 5.97 Å². The SMILES string of the molecule is CCCC1CCCCN1c1ncc(C(=O)O)s1. The topological polar surface area (TPSA) is 53.4 Å². The molecule has 0 spiro atoms. The maximum Gasteiger partial charge on any atom is 0.347 e. The van der Waals surface area contributed by atoms with Crippen LogP contribution >= 0.6 is 11.3 Å². The van der Waals surface area contributed by atoms with Crippen LogP contribution in [0.1, 0.15) is 48.7 Å². The number of thiazole rings is 1. The maximum atomic E-state index is 10.9. The van der Waals surface area contributed by atoms with E-state index in [1.807, 2.05) is 0 Å². The lowest BCUT2D eigenvalue weighted by atomic mass is 9.99. The molecular formula is C12H18N2O2S. The van der Waals surface area contributed by atoms with Gasteiger partial charge in [-0.25, -0.2) is 9.78 Å². The molecule has 2 heterocycles. The summed E-state index contributed by atoms with van der Waals surface area (Å²) >= 11 is 1.29. The first kappa shape index (κ1) is 12.4. The molecule has 0 saturated carbocycles. The molecule has 0 aromatic carbocycles. The minimum absolute atomic E-state index is 0.334. The Morgan fingerprint density at radius 1 is 1.65 bits per heavy atom. The fourth-order valence-electron chi connectivity index (χ4n) is 2.38. The average molecular weight is 254 g/mol. The van der Waals surface area contributed by atoms with Crippen molar-refractivity contribution in [3.8, 4) is 0 Å². The lowest BCUT2D eigenvalue weighted by Crippen LogP contribution is -2.39. The first-order valence-electron chi connectivity index (χ1n) is 6.18. The Labute approximate surface area is 105 Å². The van der Waals surface area contributed by atoms with Crippen molar-refractivity contribution in [2.24, 2.45) is 0 Å². The van der Waals surface area contributed by atoms with Crippen LogP contribution in [-0.2, 0) is 0 Å². The highest BCUT2D eigenvalue weighted by atomic mass is 32.1. The van der Waals surface area contributed by atoms with Crippen LogP contribution in [0.4, 0.5) is 5.13 Å². The van der Waals surface area contributed by atoms with Crippen molar-refractivity contribution in [3.05, 3.63) is 11.1 Å². The lowest BCUT2D eigenvalue weighted by Gasteiger charge is -2.35. The van der Waals surface area contributed by atoms with Gasteiger partial charge in [-0.15, -0.1) is 0 Å². The van der Waals surface area contributed by atoms with E-state index in [0.29, 0.717) is 10.9 Å². The summed E-state index contributed by atoms with van der Waals surface area (Å²) < 4.78 is 0. The molecule has 0 aliphatic carbocycles. The standard InChI is InChI=1S/C12H18N2O2S/c1-2-5-9-6-3-4-7-14(9)12-13-8-10(17-12)11(15)16/h8-9H,2-7H2,1H3,(H,15,16). The van der Waals surface area contributed by atoms with Crippen molar-refractivity contribution in [2.45, 2.75) is 45.1 Å². The molecule has 2 rings (SSSR count). The normalized spacial score (nSPS) is 20.5.